The van der Waals surface area contributed by atoms with Gasteiger partial charge in [0, 0.05) is 31.7 Å². The van der Waals surface area contributed by atoms with Crippen LogP contribution in [-0.4, -0.2) is 16.1 Å². The standard InChI is InChI=1S/C14H25N3/c1-10(2)14(4,5)9-17-11(3)16-12-8-15-7-6-13(12)17/h10,15H,6-9H2,1-5H3. The van der Waals surface area contributed by atoms with E-state index in [1.54, 1.807) is 0 Å². The summed E-state index contributed by atoms with van der Waals surface area (Å²) in [7, 11) is 0. The Morgan fingerprint density at radius 3 is 2.76 bits per heavy atom. The van der Waals surface area contributed by atoms with E-state index in [4.69, 9.17) is 4.98 Å². The van der Waals surface area contributed by atoms with Crippen molar-refractivity contribution in [2.45, 2.75) is 54.1 Å². The molecule has 0 aromatic carbocycles. The first-order valence-corrected chi connectivity index (χ1v) is 6.67. The highest BCUT2D eigenvalue weighted by molar-refractivity contribution is 5.20. The molecular formula is C14H25N3. The second kappa shape index (κ2) is 4.45. The van der Waals surface area contributed by atoms with E-state index in [1.807, 2.05) is 0 Å². The Labute approximate surface area is 105 Å². The minimum absolute atomic E-state index is 0.324. The topological polar surface area (TPSA) is 29.9 Å². The number of rotatable bonds is 3. The van der Waals surface area contributed by atoms with Crippen LogP contribution in [0.2, 0.25) is 0 Å². The van der Waals surface area contributed by atoms with Gasteiger partial charge >= 0.3 is 0 Å². The maximum atomic E-state index is 4.70. The number of hydrogen-bond acceptors (Lipinski definition) is 2. The zero-order chi connectivity index (χ0) is 12.6. The number of aryl methyl sites for hydroxylation is 1. The fraction of sp³-hybridized carbons (Fsp3) is 0.786. The van der Waals surface area contributed by atoms with Crippen LogP contribution < -0.4 is 5.32 Å². The Morgan fingerprint density at radius 1 is 1.41 bits per heavy atom. The molecule has 17 heavy (non-hydrogen) atoms. The molecule has 1 N–H and O–H groups in total. The maximum Gasteiger partial charge on any atom is 0.106 e. The average molecular weight is 235 g/mol. The monoisotopic (exact) mass is 235 g/mol. The van der Waals surface area contributed by atoms with Crippen LogP contribution in [0.1, 0.15) is 44.9 Å². The molecule has 3 nitrogen and oxygen atoms in total. The highest BCUT2D eigenvalue weighted by Crippen LogP contribution is 2.30. The Hall–Kier alpha value is -0.830. The summed E-state index contributed by atoms with van der Waals surface area (Å²) in [6.45, 7) is 14.6. The number of nitrogens with zero attached hydrogens (tertiary/aromatic N) is 2. The van der Waals surface area contributed by atoms with Gasteiger partial charge < -0.3 is 9.88 Å². The van der Waals surface area contributed by atoms with Crippen LogP contribution in [0.15, 0.2) is 0 Å². The average Bonchev–Trinajstić information content (AvgIpc) is 2.55. The summed E-state index contributed by atoms with van der Waals surface area (Å²) in [4.78, 5) is 4.70. The second-order valence-electron chi connectivity index (χ2n) is 6.21. The summed E-state index contributed by atoms with van der Waals surface area (Å²) >= 11 is 0. The van der Waals surface area contributed by atoms with Crippen molar-refractivity contribution in [2.75, 3.05) is 6.54 Å². The Balaban J connectivity index is 2.30. The third-order valence-corrected chi connectivity index (χ3v) is 4.31. The van der Waals surface area contributed by atoms with E-state index in [1.165, 1.54) is 17.2 Å². The van der Waals surface area contributed by atoms with Crippen LogP contribution in [0.3, 0.4) is 0 Å². The molecule has 3 heteroatoms. The molecule has 1 aromatic rings. The van der Waals surface area contributed by atoms with E-state index in [2.05, 4.69) is 44.5 Å². The van der Waals surface area contributed by atoms with Crippen molar-refractivity contribution in [1.29, 1.82) is 0 Å². The van der Waals surface area contributed by atoms with Gasteiger partial charge in [-0.15, -0.1) is 0 Å². The molecule has 0 aliphatic carbocycles. The van der Waals surface area contributed by atoms with E-state index in [0.29, 0.717) is 11.3 Å². The Morgan fingerprint density at radius 2 is 2.12 bits per heavy atom. The third kappa shape index (κ3) is 2.39. The first kappa shape index (κ1) is 12.6. The molecule has 96 valence electrons. The van der Waals surface area contributed by atoms with E-state index in [-0.39, 0.29) is 0 Å². The number of aromatic nitrogens is 2. The van der Waals surface area contributed by atoms with Crippen molar-refractivity contribution in [3.8, 4) is 0 Å². The van der Waals surface area contributed by atoms with Crippen molar-refractivity contribution < 1.29 is 0 Å². The lowest BCUT2D eigenvalue weighted by atomic mass is 9.81. The summed E-state index contributed by atoms with van der Waals surface area (Å²) in [5.74, 6) is 1.86. The number of hydrogen-bond donors (Lipinski definition) is 1. The lowest BCUT2D eigenvalue weighted by molar-refractivity contribution is 0.206. The van der Waals surface area contributed by atoms with Crippen LogP contribution in [0, 0.1) is 18.3 Å². The van der Waals surface area contributed by atoms with E-state index in [0.717, 1.165) is 26.1 Å². The Bertz CT molecular complexity index is 402. The zero-order valence-electron chi connectivity index (χ0n) is 11.8. The van der Waals surface area contributed by atoms with Crippen molar-refractivity contribution in [2.24, 2.45) is 11.3 Å². The highest BCUT2D eigenvalue weighted by Gasteiger charge is 2.26. The molecule has 1 aliphatic rings. The third-order valence-electron chi connectivity index (χ3n) is 4.31. The van der Waals surface area contributed by atoms with Crippen LogP contribution in [0.5, 0.6) is 0 Å². The van der Waals surface area contributed by atoms with Crippen LogP contribution in [0.25, 0.3) is 0 Å². The van der Waals surface area contributed by atoms with Gasteiger partial charge in [-0.2, -0.15) is 0 Å². The predicted octanol–water partition coefficient (Wildman–Crippen LogP) is 2.52. The van der Waals surface area contributed by atoms with Crippen LogP contribution in [0.4, 0.5) is 0 Å². The summed E-state index contributed by atoms with van der Waals surface area (Å²) in [5.41, 5.74) is 3.03. The van der Waals surface area contributed by atoms with Gasteiger partial charge in [0.25, 0.3) is 0 Å². The molecule has 2 heterocycles. The molecule has 0 amide bonds. The molecule has 0 atom stereocenters. The molecule has 0 spiro atoms. The molecule has 1 aromatic heterocycles. The van der Waals surface area contributed by atoms with E-state index in [9.17, 15) is 0 Å². The smallest absolute Gasteiger partial charge is 0.106 e. The summed E-state index contributed by atoms with van der Waals surface area (Å²) in [6, 6.07) is 0. The first-order chi connectivity index (χ1) is 7.92. The summed E-state index contributed by atoms with van der Waals surface area (Å²) < 4.78 is 2.44. The van der Waals surface area contributed by atoms with Gasteiger partial charge in [0.15, 0.2) is 0 Å². The molecule has 1 aliphatic heterocycles. The fourth-order valence-electron chi connectivity index (χ4n) is 2.31. The molecule has 0 bridgehead atoms. The highest BCUT2D eigenvalue weighted by atomic mass is 15.1. The van der Waals surface area contributed by atoms with Gasteiger partial charge in [-0.25, -0.2) is 4.98 Å². The Kier molecular flexibility index (Phi) is 3.30. The van der Waals surface area contributed by atoms with Crippen molar-refractivity contribution in [3.63, 3.8) is 0 Å². The lowest BCUT2D eigenvalue weighted by Crippen LogP contribution is -2.30. The van der Waals surface area contributed by atoms with Gasteiger partial charge in [0.05, 0.1) is 5.69 Å². The first-order valence-electron chi connectivity index (χ1n) is 6.67. The van der Waals surface area contributed by atoms with E-state index >= 15 is 0 Å². The quantitative estimate of drug-likeness (QED) is 0.872. The van der Waals surface area contributed by atoms with Crippen molar-refractivity contribution >= 4 is 0 Å². The SMILES string of the molecule is Cc1nc2c(n1CC(C)(C)C(C)C)CCNC2. The maximum absolute atomic E-state index is 4.70. The molecule has 0 unspecified atom stereocenters. The molecular weight excluding hydrogens is 210 g/mol. The van der Waals surface area contributed by atoms with Gasteiger partial charge in [0.1, 0.15) is 5.82 Å². The number of fused-ring (bicyclic) bond motifs is 1. The molecule has 0 radical (unpaired) electrons. The largest absolute Gasteiger partial charge is 0.331 e. The zero-order valence-corrected chi connectivity index (χ0v) is 11.8. The fourth-order valence-corrected chi connectivity index (χ4v) is 2.31. The van der Waals surface area contributed by atoms with Gasteiger partial charge in [-0.05, 0) is 18.3 Å². The van der Waals surface area contributed by atoms with Crippen molar-refractivity contribution in [3.05, 3.63) is 17.2 Å². The second-order valence-corrected chi connectivity index (χ2v) is 6.21. The predicted molar refractivity (Wildman–Crippen MR) is 71.0 cm³/mol. The molecule has 0 saturated carbocycles. The molecule has 0 saturated heterocycles. The van der Waals surface area contributed by atoms with E-state index < -0.39 is 0 Å². The summed E-state index contributed by atoms with van der Waals surface area (Å²) in [6.07, 6.45) is 1.12. The van der Waals surface area contributed by atoms with Crippen LogP contribution in [-0.2, 0) is 19.5 Å². The van der Waals surface area contributed by atoms with Crippen LogP contribution >= 0.6 is 0 Å². The normalized spacial score (nSPS) is 16.4. The molecule has 0 fully saturated rings. The number of imidazole rings is 1. The molecule has 2 rings (SSSR count). The minimum Gasteiger partial charge on any atom is -0.331 e. The minimum atomic E-state index is 0.324. The van der Waals surface area contributed by atoms with Gasteiger partial charge in [0.2, 0.25) is 0 Å². The summed E-state index contributed by atoms with van der Waals surface area (Å²) in [5, 5.41) is 3.39. The van der Waals surface area contributed by atoms with Gasteiger partial charge in [-0.1, -0.05) is 27.7 Å². The lowest BCUT2D eigenvalue weighted by Gasteiger charge is -2.31. The van der Waals surface area contributed by atoms with Gasteiger partial charge in [-0.3, -0.25) is 0 Å². The van der Waals surface area contributed by atoms with Crippen molar-refractivity contribution in [1.82, 2.24) is 14.9 Å². The number of nitrogens with one attached hydrogen (secondary N) is 1.